The molecule has 0 aromatic rings. The third kappa shape index (κ3) is 52.6. The number of hydrogen-bond acceptors (Lipinski definition) is 6. The second-order valence-corrected chi connectivity index (χ2v) is 15.5. The first-order valence-electron chi connectivity index (χ1n) is 25.4. The summed E-state index contributed by atoms with van der Waals surface area (Å²) in [5.74, 6) is -1.20. The van der Waals surface area contributed by atoms with Gasteiger partial charge in [-0.3, -0.25) is 14.4 Å². The van der Waals surface area contributed by atoms with Crippen LogP contribution in [0.3, 0.4) is 0 Å². The Hall–Kier alpha value is -6.27. The van der Waals surface area contributed by atoms with E-state index in [0.29, 0.717) is 25.7 Å². The molecule has 0 aliphatic carbocycles. The van der Waals surface area contributed by atoms with Gasteiger partial charge in [0.25, 0.3) is 0 Å². The summed E-state index contributed by atoms with van der Waals surface area (Å²) >= 11 is 0. The number of carbonyl (C=O) groups excluding carboxylic acids is 3. The van der Waals surface area contributed by atoms with Crippen LogP contribution < -0.4 is 0 Å². The van der Waals surface area contributed by atoms with E-state index >= 15 is 0 Å². The number of esters is 3. The average molecular weight is 939 g/mol. The Bertz CT molecular complexity index is 1840. The van der Waals surface area contributed by atoms with E-state index in [-0.39, 0.29) is 38.4 Å². The first kappa shape index (κ1) is 62.7. The summed E-state index contributed by atoms with van der Waals surface area (Å²) < 4.78 is 16.6. The standard InChI is InChI=1S/C63H86O6/c1-4-7-10-13-16-19-22-25-27-29-31-33-35-38-41-44-47-50-53-56-62(65)68-59-60(58-67-61(64)55-52-49-46-43-40-37-24-21-18-15-12-9-6-3)69-63(66)57-54-51-48-45-42-39-36-34-32-30-28-26-23-20-17-14-11-8-5-2/h7-13,15-22,24-29,31-35,37-43,46,48,51,60H,4-6,14,23,30,36,44-45,47,49-50,52-59H2,1-3H3/b10-7-,11-8-,12-9-,16-13-,18-15-,20-17-,22-19-,24-21-,27-25-,28-26-,31-29+,34-32-,35-33-,40-37-,41-38-,42-39-,46-43-,51-48-. The lowest BCUT2D eigenvalue weighted by Gasteiger charge is -2.18. The molecule has 0 aromatic heterocycles. The lowest BCUT2D eigenvalue weighted by Crippen LogP contribution is -2.30. The fourth-order valence-corrected chi connectivity index (χ4v) is 5.60. The molecule has 6 heteroatoms. The molecular formula is C63H86O6. The lowest BCUT2D eigenvalue weighted by molar-refractivity contribution is -0.166. The van der Waals surface area contributed by atoms with Gasteiger partial charge in [0.2, 0.25) is 0 Å². The molecule has 0 saturated carbocycles. The Morgan fingerprint density at radius 3 is 1.04 bits per heavy atom. The van der Waals surface area contributed by atoms with Crippen molar-refractivity contribution in [2.45, 2.75) is 142 Å². The molecule has 0 radical (unpaired) electrons. The van der Waals surface area contributed by atoms with Crippen LogP contribution in [-0.2, 0) is 28.6 Å². The van der Waals surface area contributed by atoms with Crippen molar-refractivity contribution in [1.29, 1.82) is 0 Å². The van der Waals surface area contributed by atoms with Crippen LogP contribution in [0.4, 0.5) is 0 Å². The van der Waals surface area contributed by atoms with Gasteiger partial charge in [0.05, 0.1) is 0 Å². The van der Waals surface area contributed by atoms with Crippen LogP contribution in [0.5, 0.6) is 0 Å². The van der Waals surface area contributed by atoms with Crippen LogP contribution in [0, 0.1) is 0 Å². The highest BCUT2D eigenvalue weighted by Gasteiger charge is 2.19. The van der Waals surface area contributed by atoms with Gasteiger partial charge in [0, 0.05) is 19.3 Å². The smallest absolute Gasteiger partial charge is 0.306 e. The molecule has 0 rings (SSSR count). The Morgan fingerprint density at radius 2 is 0.638 bits per heavy atom. The zero-order valence-corrected chi connectivity index (χ0v) is 42.5. The predicted molar refractivity (Wildman–Crippen MR) is 296 cm³/mol. The van der Waals surface area contributed by atoms with Crippen LogP contribution in [0.15, 0.2) is 219 Å². The molecule has 374 valence electrons. The van der Waals surface area contributed by atoms with E-state index in [1.807, 2.05) is 140 Å². The van der Waals surface area contributed by atoms with E-state index in [1.165, 1.54) is 0 Å². The number of rotatable bonds is 41. The summed E-state index contributed by atoms with van der Waals surface area (Å²) in [6.07, 6.45) is 86.5. The van der Waals surface area contributed by atoms with Crippen molar-refractivity contribution in [2.24, 2.45) is 0 Å². The molecule has 0 spiro atoms. The Labute approximate surface area is 419 Å². The van der Waals surface area contributed by atoms with Gasteiger partial charge in [-0.2, -0.15) is 0 Å². The van der Waals surface area contributed by atoms with E-state index in [4.69, 9.17) is 14.2 Å². The zero-order chi connectivity index (χ0) is 50.0. The molecule has 0 aliphatic heterocycles. The Balaban J connectivity index is 4.76. The SMILES string of the molecule is CC\C=C/C=C\C=C/C=C\C=C/CCCC(=O)OCC(COC(=O)CCCCC\C=C/C=C\C=C\C=C/C=C\C=C/C=C\CC)OC(=O)CC/C=C\C/C=C\C/C=C\C/C=C\C/C=C\C/C=C\CC. The quantitative estimate of drug-likeness (QED) is 0.0200. The molecule has 1 unspecified atom stereocenters. The molecule has 0 aliphatic rings. The molecule has 0 aromatic carbocycles. The first-order chi connectivity index (χ1) is 34.0. The minimum atomic E-state index is -0.882. The molecule has 1 atom stereocenters. The topological polar surface area (TPSA) is 78.9 Å². The van der Waals surface area contributed by atoms with Crippen LogP contribution in [0.2, 0.25) is 0 Å². The maximum absolute atomic E-state index is 12.8. The van der Waals surface area contributed by atoms with Crippen LogP contribution in [-0.4, -0.2) is 37.2 Å². The molecule has 69 heavy (non-hydrogen) atoms. The maximum atomic E-state index is 12.8. The number of ether oxygens (including phenoxy) is 3. The molecule has 0 amide bonds. The monoisotopic (exact) mass is 939 g/mol. The van der Waals surface area contributed by atoms with Gasteiger partial charge in [-0.1, -0.05) is 246 Å². The van der Waals surface area contributed by atoms with Crippen LogP contribution in [0.25, 0.3) is 0 Å². The molecule has 0 bridgehead atoms. The van der Waals surface area contributed by atoms with Crippen molar-refractivity contribution in [3.63, 3.8) is 0 Å². The molecule has 6 nitrogen and oxygen atoms in total. The van der Waals surface area contributed by atoms with E-state index in [1.54, 1.807) is 0 Å². The van der Waals surface area contributed by atoms with Gasteiger partial charge >= 0.3 is 17.9 Å². The van der Waals surface area contributed by atoms with E-state index in [0.717, 1.165) is 70.6 Å². The summed E-state index contributed by atoms with van der Waals surface area (Å²) in [6, 6.07) is 0. The minimum absolute atomic E-state index is 0.163. The second-order valence-electron chi connectivity index (χ2n) is 15.5. The van der Waals surface area contributed by atoms with E-state index in [2.05, 4.69) is 99.8 Å². The normalized spacial score (nSPS) is 14.0. The highest BCUT2D eigenvalue weighted by molar-refractivity contribution is 5.71. The largest absolute Gasteiger partial charge is 0.462 e. The van der Waals surface area contributed by atoms with Gasteiger partial charge in [-0.05, 0) is 89.9 Å². The first-order valence-corrected chi connectivity index (χ1v) is 25.4. The number of unbranched alkanes of at least 4 members (excludes halogenated alkanes) is 4. The van der Waals surface area contributed by atoms with Crippen LogP contribution in [0.1, 0.15) is 136 Å². The van der Waals surface area contributed by atoms with Crippen molar-refractivity contribution in [3.05, 3.63) is 219 Å². The Morgan fingerprint density at radius 1 is 0.304 bits per heavy atom. The number of allylic oxidation sites excluding steroid dienone is 36. The van der Waals surface area contributed by atoms with Gasteiger partial charge in [0.15, 0.2) is 6.10 Å². The van der Waals surface area contributed by atoms with Gasteiger partial charge in [0.1, 0.15) is 13.2 Å². The van der Waals surface area contributed by atoms with Crippen molar-refractivity contribution in [3.8, 4) is 0 Å². The fraction of sp³-hybridized carbons (Fsp3) is 0.381. The zero-order valence-electron chi connectivity index (χ0n) is 42.5. The third-order valence-corrected chi connectivity index (χ3v) is 9.29. The minimum Gasteiger partial charge on any atom is -0.462 e. The molecule has 0 fully saturated rings. The predicted octanol–water partition coefficient (Wildman–Crippen LogP) is 17.1. The van der Waals surface area contributed by atoms with Crippen molar-refractivity contribution in [1.82, 2.24) is 0 Å². The highest BCUT2D eigenvalue weighted by Crippen LogP contribution is 2.09. The van der Waals surface area contributed by atoms with Crippen molar-refractivity contribution < 1.29 is 28.6 Å². The van der Waals surface area contributed by atoms with E-state index in [9.17, 15) is 14.4 Å². The lowest BCUT2D eigenvalue weighted by atomic mass is 10.1. The van der Waals surface area contributed by atoms with Crippen LogP contribution >= 0.6 is 0 Å². The van der Waals surface area contributed by atoms with Gasteiger partial charge < -0.3 is 14.2 Å². The summed E-state index contributed by atoms with van der Waals surface area (Å²) in [4.78, 5) is 37.9. The van der Waals surface area contributed by atoms with Gasteiger partial charge in [-0.15, -0.1) is 0 Å². The summed E-state index contributed by atoms with van der Waals surface area (Å²) in [6.45, 7) is 6.01. The molecular weight excluding hydrogens is 853 g/mol. The maximum Gasteiger partial charge on any atom is 0.306 e. The Kier molecular flexibility index (Phi) is 49.4. The molecule has 0 saturated heterocycles. The third-order valence-electron chi connectivity index (χ3n) is 9.29. The summed E-state index contributed by atoms with van der Waals surface area (Å²) in [5.41, 5.74) is 0. The number of carbonyl (C=O) groups is 3. The average Bonchev–Trinajstić information content (AvgIpc) is 3.35. The fourth-order valence-electron chi connectivity index (χ4n) is 5.60. The van der Waals surface area contributed by atoms with E-state index < -0.39 is 18.0 Å². The number of hydrogen-bond donors (Lipinski definition) is 0. The van der Waals surface area contributed by atoms with Crippen molar-refractivity contribution in [2.75, 3.05) is 13.2 Å². The highest BCUT2D eigenvalue weighted by atomic mass is 16.6. The summed E-state index contributed by atoms with van der Waals surface area (Å²) in [7, 11) is 0. The van der Waals surface area contributed by atoms with Crippen molar-refractivity contribution >= 4 is 17.9 Å². The molecule has 0 N–H and O–H groups in total. The second kappa shape index (κ2) is 54.3. The van der Waals surface area contributed by atoms with Gasteiger partial charge in [-0.25, -0.2) is 0 Å². The molecule has 0 heterocycles. The summed E-state index contributed by atoms with van der Waals surface area (Å²) in [5, 5.41) is 0.